The Morgan fingerprint density at radius 3 is 2.47 bits per heavy atom. The second-order valence-corrected chi connectivity index (χ2v) is 9.10. The van der Waals surface area contributed by atoms with Crippen molar-refractivity contribution in [3.05, 3.63) is 101 Å². The van der Waals surface area contributed by atoms with Crippen LogP contribution in [0.1, 0.15) is 34.1 Å². The molecule has 0 aliphatic heterocycles. The van der Waals surface area contributed by atoms with E-state index in [1.54, 1.807) is 41.8 Å². The van der Waals surface area contributed by atoms with Gasteiger partial charge in [0.2, 0.25) is 5.78 Å². The van der Waals surface area contributed by atoms with E-state index in [1.807, 2.05) is 13.0 Å². The largest absolute Gasteiger partial charge is 0.494 e. The minimum Gasteiger partial charge on any atom is -0.494 e. The lowest BCUT2D eigenvalue weighted by Gasteiger charge is -2.05. The van der Waals surface area contributed by atoms with Crippen molar-refractivity contribution in [3.63, 3.8) is 0 Å². The summed E-state index contributed by atoms with van der Waals surface area (Å²) in [7, 11) is -3.90. The fourth-order valence-corrected chi connectivity index (χ4v) is 4.42. The number of carbonyl (C=O) groups is 1. The van der Waals surface area contributed by atoms with E-state index in [0.29, 0.717) is 40.3 Å². The maximum Gasteiger partial charge on any atom is 0.276 e. The van der Waals surface area contributed by atoms with E-state index in [-0.39, 0.29) is 10.7 Å². The number of pyridine rings is 1. The Morgan fingerprint density at radius 2 is 1.79 bits per heavy atom. The lowest BCUT2D eigenvalue weighted by atomic mass is 10.0. The Morgan fingerprint density at radius 1 is 1.09 bits per heavy atom. The number of nitrogens with one attached hydrogen (secondary N) is 1. The number of fused-ring (bicyclic) bond motifs is 1. The van der Waals surface area contributed by atoms with Crippen molar-refractivity contribution in [2.24, 2.45) is 5.10 Å². The number of benzene rings is 2. The number of ether oxygens (including phenoxy) is 1. The molecule has 0 spiro atoms. The highest BCUT2D eigenvalue weighted by Crippen LogP contribution is 2.24. The second kappa shape index (κ2) is 9.48. The maximum atomic E-state index is 13.3. The fraction of sp³-hybridized carbons (Fsp3) is 0.120. The van der Waals surface area contributed by atoms with Gasteiger partial charge >= 0.3 is 0 Å². The molecule has 0 atom stereocenters. The van der Waals surface area contributed by atoms with Gasteiger partial charge in [-0.2, -0.15) is 13.5 Å². The number of hydrogen-bond acceptors (Lipinski definition) is 5. The summed E-state index contributed by atoms with van der Waals surface area (Å²) in [5.41, 5.74) is 2.60. The zero-order valence-electron chi connectivity index (χ0n) is 18.5. The van der Waals surface area contributed by atoms with Crippen molar-refractivity contribution < 1.29 is 22.3 Å². The van der Waals surface area contributed by atoms with Crippen LogP contribution in [0.15, 0.2) is 82.9 Å². The van der Waals surface area contributed by atoms with Crippen molar-refractivity contribution >= 4 is 27.5 Å². The molecule has 0 unspecified atom stereocenters. The topological polar surface area (TPSA) is 89.2 Å². The molecule has 4 rings (SSSR count). The average Bonchev–Trinajstić information content (AvgIpc) is 3.11. The van der Waals surface area contributed by atoms with Gasteiger partial charge in [-0.25, -0.2) is 9.22 Å². The molecule has 34 heavy (non-hydrogen) atoms. The van der Waals surface area contributed by atoms with Gasteiger partial charge in [-0.05, 0) is 80.1 Å². The summed E-state index contributed by atoms with van der Waals surface area (Å²) < 4.78 is 45.6. The first kappa shape index (κ1) is 23.2. The summed E-state index contributed by atoms with van der Waals surface area (Å²) in [6.45, 7) is 4.07. The standard InChI is InChI=1S/C25H22FN3O4S/c1-3-33-20-11-13-21(14-12-20)34(31,32)28-27-16-22-17(2)24(29-15-5-4-6-23(22)29)25(30)18-7-9-19(26)10-8-18/h4-16,28H,3H2,1-2H3. The number of aromatic nitrogens is 1. The maximum absolute atomic E-state index is 13.3. The molecular weight excluding hydrogens is 457 g/mol. The van der Waals surface area contributed by atoms with Crippen molar-refractivity contribution in [1.29, 1.82) is 0 Å². The summed E-state index contributed by atoms with van der Waals surface area (Å²) in [6.07, 6.45) is 3.11. The van der Waals surface area contributed by atoms with Crippen LogP contribution in [0.3, 0.4) is 0 Å². The molecule has 0 bridgehead atoms. The first-order valence-corrected chi connectivity index (χ1v) is 12.0. The minimum atomic E-state index is -3.90. The monoisotopic (exact) mass is 479 g/mol. The van der Waals surface area contributed by atoms with E-state index in [4.69, 9.17) is 4.74 Å². The quantitative estimate of drug-likeness (QED) is 0.231. The predicted octanol–water partition coefficient (Wildman–Crippen LogP) is 4.33. The van der Waals surface area contributed by atoms with Gasteiger partial charge in [0, 0.05) is 17.3 Å². The van der Waals surface area contributed by atoms with Gasteiger partial charge in [0.1, 0.15) is 11.6 Å². The second-order valence-electron chi connectivity index (χ2n) is 7.44. The Hall–Kier alpha value is -3.98. The highest BCUT2D eigenvalue weighted by molar-refractivity contribution is 7.89. The molecule has 0 radical (unpaired) electrons. The molecule has 0 aliphatic rings. The van der Waals surface area contributed by atoms with E-state index in [9.17, 15) is 17.6 Å². The van der Waals surface area contributed by atoms with Gasteiger partial charge in [0.05, 0.1) is 28.9 Å². The first-order chi connectivity index (χ1) is 16.3. The van der Waals surface area contributed by atoms with E-state index >= 15 is 0 Å². The Labute approximate surface area is 196 Å². The molecule has 2 heterocycles. The van der Waals surface area contributed by atoms with Gasteiger partial charge < -0.3 is 9.14 Å². The van der Waals surface area contributed by atoms with Crippen LogP contribution in [-0.2, 0) is 10.0 Å². The van der Waals surface area contributed by atoms with Gasteiger partial charge in [-0.3, -0.25) is 4.79 Å². The zero-order chi connectivity index (χ0) is 24.3. The molecular formula is C25H22FN3O4S. The van der Waals surface area contributed by atoms with Crippen LogP contribution >= 0.6 is 0 Å². The Kier molecular flexibility index (Phi) is 6.47. The predicted molar refractivity (Wildman–Crippen MR) is 127 cm³/mol. The SMILES string of the molecule is CCOc1ccc(S(=O)(=O)NN=Cc2c(C)c(C(=O)c3ccc(F)cc3)n3ccccc23)cc1. The highest BCUT2D eigenvalue weighted by atomic mass is 32.2. The van der Waals surface area contributed by atoms with Gasteiger partial charge in [0.15, 0.2) is 0 Å². The molecule has 2 aromatic heterocycles. The number of halogens is 1. The Balaban J connectivity index is 1.65. The van der Waals surface area contributed by atoms with E-state index < -0.39 is 15.8 Å². The fourth-order valence-electron chi connectivity index (χ4n) is 3.63. The molecule has 4 aromatic rings. The van der Waals surface area contributed by atoms with Crippen LogP contribution in [0.4, 0.5) is 4.39 Å². The number of hydrazone groups is 1. The van der Waals surface area contributed by atoms with Crippen LogP contribution in [0.25, 0.3) is 5.52 Å². The number of sulfonamides is 1. The number of rotatable bonds is 8. The first-order valence-electron chi connectivity index (χ1n) is 10.5. The van der Waals surface area contributed by atoms with E-state index in [1.165, 1.54) is 42.6 Å². The van der Waals surface area contributed by atoms with Crippen LogP contribution in [0.5, 0.6) is 5.75 Å². The summed E-state index contributed by atoms with van der Waals surface area (Å²) in [5.74, 6) is -0.145. The molecule has 0 saturated heterocycles. The molecule has 7 nitrogen and oxygen atoms in total. The third-order valence-corrected chi connectivity index (χ3v) is 6.51. The molecule has 9 heteroatoms. The zero-order valence-corrected chi connectivity index (χ0v) is 19.3. The lowest BCUT2D eigenvalue weighted by Crippen LogP contribution is -2.18. The van der Waals surface area contributed by atoms with Crippen molar-refractivity contribution in [2.75, 3.05) is 6.61 Å². The molecule has 0 aliphatic carbocycles. The summed E-state index contributed by atoms with van der Waals surface area (Å²) in [4.78, 5) is 15.4. The average molecular weight is 480 g/mol. The van der Waals surface area contributed by atoms with Crippen LogP contribution in [0.2, 0.25) is 0 Å². The number of carbonyl (C=O) groups excluding carboxylic acids is 1. The summed E-state index contributed by atoms with van der Waals surface area (Å²) in [6, 6.07) is 16.7. The van der Waals surface area contributed by atoms with Gasteiger partial charge in [-0.15, -0.1) is 0 Å². The normalized spacial score (nSPS) is 11.7. The van der Waals surface area contributed by atoms with Crippen LogP contribution < -0.4 is 9.57 Å². The van der Waals surface area contributed by atoms with Crippen molar-refractivity contribution in [2.45, 2.75) is 18.7 Å². The number of ketones is 1. The molecule has 2 aromatic carbocycles. The van der Waals surface area contributed by atoms with Crippen molar-refractivity contribution in [1.82, 2.24) is 9.23 Å². The smallest absolute Gasteiger partial charge is 0.276 e. The third-order valence-electron chi connectivity index (χ3n) is 5.27. The minimum absolute atomic E-state index is 0.0405. The highest BCUT2D eigenvalue weighted by Gasteiger charge is 2.21. The van der Waals surface area contributed by atoms with E-state index in [0.717, 1.165) is 0 Å². The molecule has 0 amide bonds. The molecule has 1 N–H and O–H groups in total. The van der Waals surface area contributed by atoms with Crippen molar-refractivity contribution in [3.8, 4) is 5.75 Å². The van der Waals surface area contributed by atoms with Crippen LogP contribution in [0, 0.1) is 12.7 Å². The van der Waals surface area contributed by atoms with E-state index in [2.05, 4.69) is 9.93 Å². The van der Waals surface area contributed by atoms with Gasteiger partial charge in [0.25, 0.3) is 10.0 Å². The number of hydrogen-bond donors (Lipinski definition) is 1. The molecule has 174 valence electrons. The number of nitrogens with zero attached hydrogens (tertiary/aromatic N) is 2. The summed E-state index contributed by atoms with van der Waals surface area (Å²) >= 11 is 0. The molecule has 0 fully saturated rings. The third kappa shape index (κ3) is 4.55. The van der Waals surface area contributed by atoms with Gasteiger partial charge in [-0.1, -0.05) is 6.07 Å². The molecule has 0 saturated carbocycles. The Bertz CT molecular complexity index is 1480. The van der Waals surface area contributed by atoms with Crippen LogP contribution in [-0.4, -0.2) is 31.4 Å². The lowest BCUT2D eigenvalue weighted by molar-refractivity contribution is 0.103. The summed E-state index contributed by atoms with van der Waals surface area (Å²) in [5, 5.41) is 3.95.